The van der Waals surface area contributed by atoms with Gasteiger partial charge in [0.05, 0.1) is 18.0 Å². The van der Waals surface area contributed by atoms with Crippen molar-refractivity contribution in [1.29, 1.82) is 0 Å². The van der Waals surface area contributed by atoms with Crippen LogP contribution in [0.3, 0.4) is 0 Å². The minimum Gasteiger partial charge on any atom is -0.494 e. The Bertz CT molecular complexity index is 956. The van der Waals surface area contributed by atoms with Crippen LogP contribution in [-0.2, 0) is 0 Å². The number of nitrogens with two attached hydrogens (primary N) is 1. The Morgan fingerprint density at radius 1 is 1.23 bits per heavy atom. The SMILES string of the molecule is CCOc1ccc(NC(=O)c2ccc(-c3ccc(Cl)cc3Br)o2)c(N)c1. The summed E-state index contributed by atoms with van der Waals surface area (Å²) in [5, 5.41) is 3.35. The molecule has 134 valence electrons. The molecule has 2 aromatic carbocycles. The minimum absolute atomic E-state index is 0.176. The Hall–Kier alpha value is -2.44. The van der Waals surface area contributed by atoms with Crippen LogP contribution in [0.5, 0.6) is 5.75 Å². The highest BCUT2D eigenvalue weighted by Gasteiger charge is 2.15. The minimum atomic E-state index is -0.391. The molecule has 1 aromatic heterocycles. The molecule has 0 unspecified atom stereocenters. The first-order valence-electron chi connectivity index (χ1n) is 7.87. The van der Waals surface area contributed by atoms with Crippen molar-refractivity contribution in [2.45, 2.75) is 6.92 Å². The van der Waals surface area contributed by atoms with Gasteiger partial charge in [-0.2, -0.15) is 0 Å². The summed E-state index contributed by atoms with van der Waals surface area (Å²) in [6.45, 7) is 2.43. The highest BCUT2D eigenvalue weighted by Crippen LogP contribution is 2.32. The van der Waals surface area contributed by atoms with Crippen molar-refractivity contribution >= 4 is 44.8 Å². The van der Waals surface area contributed by atoms with Crippen molar-refractivity contribution in [3.8, 4) is 17.1 Å². The summed E-state index contributed by atoms with van der Waals surface area (Å²) in [4.78, 5) is 12.4. The van der Waals surface area contributed by atoms with Crippen molar-refractivity contribution in [2.75, 3.05) is 17.7 Å². The van der Waals surface area contributed by atoms with Crippen LogP contribution in [0, 0.1) is 0 Å². The molecule has 0 atom stereocenters. The summed E-state index contributed by atoms with van der Waals surface area (Å²) in [6.07, 6.45) is 0. The van der Waals surface area contributed by atoms with E-state index in [-0.39, 0.29) is 5.76 Å². The van der Waals surface area contributed by atoms with Crippen LogP contribution in [0.25, 0.3) is 11.3 Å². The van der Waals surface area contributed by atoms with Gasteiger partial charge in [-0.1, -0.05) is 11.6 Å². The summed E-state index contributed by atoms with van der Waals surface area (Å²) >= 11 is 9.39. The second kappa shape index (κ2) is 7.85. The number of nitrogens with one attached hydrogen (secondary N) is 1. The van der Waals surface area contributed by atoms with Crippen LogP contribution in [-0.4, -0.2) is 12.5 Å². The molecule has 0 spiro atoms. The van der Waals surface area contributed by atoms with E-state index < -0.39 is 5.91 Å². The van der Waals surface area contributed by atoms with Gasteiger partial charge in [0.2, 0.25) is 0 Å². The molecule has 7 heteroatoms. The summed E-state index contributed by atoms with van der Waals surface area (Å²) < 4.78 is 11.8. The number of hydrogen-bond donors (Lipinski definition) is 2. The first-order valence-corrected chi connectivity index (χ1v) is 9.04. The quantitative estimate of drug-likeness (QED) is 0.512. The first kappa shape index (κ1) is 18.4. The van der Waals surface area contributed by atoms with Gasteiger partial charge < -0.3 is 20.2 Å². The molecule has 0 bridgehead atoms. The second-order valence-electron chi connectivity index (χ2n) is 5.42. The molecule has 1 heterocycles. The van der Waals surface area contributed by atoms with Crippen LogP contribution < -0.4 is 15.8 Å². The topological polar surface area (TPSA) is 77.5 Å². The Balaban J connectivity index is 1.78. The van der Waals surface area contributed by atoms with E-state index in [1.54, 1.807) is 42.5 Å². The van der Waals surface area contributed by atoms with Gasteiger partial charge in [0.1, 0.15) is 11.5 Å². The third kappa shape index (κ3) is 4.03. The fourth-order valence-electron chi connectivity index (χ4n) is 2.39. The number of hydrogen-bond acceptors (Lipinski definition) is 4. The normalized spacial score (nSPS) is 10.6. The van der Waals surface area contributed by atoms with Crippen LogP contribution >= 0.6 is 27.5 Å². The molecule has 0 aliphatic carbocycles. The van der Waals surface area contributed by atoms with Crippen LogP contribution in [0.1, 0.15) is 17.5 Å². The highest BCUT2D eigenvalue weighted by molar-refractivity contribution is 9.10. The highest BCUT2D eigenvalue weighted by atomic mass is 79.9. The molecular formula is C19H16BrClN2O3. The molecule has 3 N–H and O–H groups in total. The molecule has 1 amide bonds. The van der Waals surface area contributed by atoms with Crippen molar-refractivity contribution < 1.29 is 13.9 Å². The van der Waals surface area contributed by atoms with Crippen molar-refractivity contribution in [3.05, 3.63) is 63.8 Å². The van der Waals surface area contributed by atoms with Gasteiger partial charge in [-0.25, -0.2) is 0 Å². The number of halogens is 2. The fraction of sp³-hybridized carbons (Fsp3) is 0.105. The van der Waals surface area contributed by atoms with Gasteiger partial charge in [-0.05, 0) is 65.3 Å². The van der Waals surface area contributed by atoms with Gasteiger partial charge in [0.15, 0.2) is 5.76 Å². The smallest absolute Gasteiger partial charge is 0.291 e. The number of benzene rings is 2. The molecule has 3 rings (SSSR count). The largest absolute Gasteiger partial charge is 0.494 e. The lowest BCUT2D eigenvalue weighted by molar-refractivity contribution is 0.0997. The monoisotopic (exact) mass is 434 g/mol. The third-order valence-corrected chi connectivity index (χ3v) is 4.50. The molecule has 0 radical (unpaired) electrons. The Morgan fingerprint density at radius 2 is 2.04 bits per heavy atom. The van der Waals surface area contributed by atoms with E-state index in [4.69, 9.17) is 26.5 Å². The lowest BCUT2D eigenvalue weighted by Gasteiger charge is -2.09. The lowest BCUT2D eigenvalue weighted by atomic mass is 10.2. The zero-order valence-corrected chi connectivity index (χ0v) is 16.2. The predicted molar refractivity (Wildman–Crippen MR) is 107 cm³/mol. The van der Waals surface area contributed by atoms with Crippen LogP contribution in [0.2, 0.25) is 5.02 Å². The Morgan fingerprint density at radius 3 is 2.73 bits per heavy atom. The Labute approximate surface area is 164 Å². The molecular weight excluding hydrogens is 420 g/mol. The zero-order chi connectivity index (χ0) is 18.7. The third-order valence-electron chi connectivity index (χ3n) is 3.61. The van der Waals surface area contributed by atoms with Crippen molar-refractivity contribution in [2.24, 2.45) is 0 Å². The van der Waals surface area contributed by atoms with Gasteiger partial charge >= 0.3 is 0 Å². The Kier molecular flexibility index (Phi) is 5.54. The zero-order valence-electron chi connectivity index (χ0n) is 13.9. The van der Waals surface area contributed by atoms with E-state index in [0.29, 0.717) is 34.5 Å². The van der Waals surface area contributed by atoms with E-state index >= 15 is 0 Å². The van der Waals surface area contributed by atoms with Crippen LogP contribution in [0.15, 0.2) is 57.4 Å². The summed E-state index contributed by atoms with van der Waals surface area (Å²) in [5.74, 6) is 0.988. The fourth-order valence-corrected chi connectivity index (χ4v) is 3.27. The van der Waals surface area contributed by atoms with E-state index in [1.165, 1.54) is 0 Å². The molecule has 3 aromatic rings. The van der Waals surface area contributed by atoms with E-state index in [1.807, 2.05) is 13.0 Å². The first-order chi connectivity index (χ1) is 12.5. The molecule has 26 heavy (non-hydrogen) atoms. The molecule has 0 saturated carbocycles. The second-order valence-corrected chi connectivity index (χ2v) is 6.72. The maximum absolute atomic E-state index is 12.4. The van der Waals surface area contributed by atoms with E-state index in [0.717, 1.165) is 10.0 Å². The predicted octanol–water partition coefficient (Wildman–Crippen LogP) is 5.60. The standard InChI is InChI=1S/C19H16BrClN2O3/c1-2-25-12-4-6-16(15(22)10-12)23-19(24)18-8-7-17(26-18)13-5-3-11(21)9-14(13)20/h3-10H,2,22H2,1H3,(H,23,24). The molecule has 0 aliphatic heterocycles. The van der Waals surface area contributed by atoms with Gasteiger partial charge in [-0.15, -0.1) is 0 Å². The summed E-state index contributed by atoms with van der Waals surface area (Å²) in [5.41, 5.74) is 7.67. The van der Waals surface area contributed by atoms with Gasteiger partial charge in [-0.3, -0.25) is 4.79 Å². The average Bonchev–Trinajstić information content (AvgIpc) is 3.07. The summed E-state index contributed by atoms with van der Waals surface area (Å²) in [6, 6.07) is 13.8. The molecule has 0 aliphatic rings. The number of furan rings is 1. The number of carbonyl (C=O) groups excluding carboxylic acids is 1. The molecule has 0 fully saturated rings. The molecule has 5 nitrogen and oxygen atoms in total. The van der Waals surface area contributed by atoms with Gasteiger partial charge in [0, 0.05) is 21.1 Å². The van der Waals surface area contributed by atoms with E-state index in [2.05, 4.69) is 21.2 Å². The number of nitrogen functional groups attached to an aromatic ring is 1. The van der Waals surface area contributed by atoms with Crippen LogP contribution in [0.4, 0.5) is 11.4 Å². The average molecular weight is 436 g/mol. The number of ether oxygens (including phenoxy) is 1. The number of anilines is 2. The maximum atomic E-state index is 12.4. The van der Waals surface area contributed by atoms with Crippen molar-refractivity contribution in [1.82, 2.24) is 0 Å². The van der Waals surface area contributed by atoms with Crippen molar-refractivity contribution in [3.63, 3.8) is 0 Å². The lowest BCUT2D eigenvalue weighted by Crippen LogP contribution is -2.12. The number of rotatable bonds is 5. The molecule has 0 saturated heterocycles. The number of carbonyl (C=O) groups is 1. The summed E-state index contributed by atoms with van der Waals surface area (Å²) in [7, 11) is 0. The maximum Gasteiger partial charge on any atom is 0.291 e. The van der Waals surface area contributed by atoms with Gasteiger partial charge in [0.25, 0.3) is 5.91 Å². The van der Waals surface area contributed by atoms with E-state index in [9.17, 15) is 4.79 Å². The number of amides is 1.